The van der Waals surface area contributed by atoms with E-state index >= 15 is 0 Å². The average molecular weight is 272 g/mol. The van der Waals surface area contributed by atoms with E-state index in [4.69, 9.17) is 5.11 Å². The Kier molecular flexibility index (Phi) is 4.50. The molecule has 1 aliphatic rings. The summed E-state index contributed by atoms with van der Waals surface area (Å²) in [5.74, 6) is 0.837. The number of halogens is 3. The highest BCUT2D eigenvalue weighted by atomic mass is 19.4. The monoisotopic (exact) mass is 272 g/mol. The van der Waals surface area contributed by atoms with Gasteiger partial charge in [-0.2, -0.15) is 13.2 Å². The van der Waals surface area contributed by atoms with Crippen LogP contribution in [-0.4, -0.2) is 11.7 Å². The molecule has 1 aromatic rings. The number of alkyl halides is 3. The van der Waals surface area contributed by atoms with Crippen molar-refractivity contribution >= 4 is 0 Å². The summed E-state index contributed by atoms with van der Waals surface area (Å²) in [5.41, 5.74) is 0.205. The molecule has 0 aromatic heterocycles. The molecule has 0 heterocycles. The third kappa shape index (κ3) is 3.96. The van der Waals surface area contributed by atoms with Gasteiger partial charge >= 0.3 is 6.18 Å². The molecular formula is C15H19F3O. The van der Waals surface area contributed by atoms with Crippen LogP contribution in [0.5, 0.6) is 0 Å². The molecule has 1 aliphatic carbocycles. The lowest BCUT2D eigenvalue weighted by Crippen LogP contribution is -2.18. The van der Waals surface area contributed by atoms with Crippen molar-refractivity contribution in [3.63, 3.8) is 0 Å². The summed E-state index contributed by atoms with van der Waals surface area (Å²) < 4.78 is 37.8. The van der Waals surface area contributed by atoms with Crippen molar-refractivity contribution < 1.29 is 18.3 Å². The molecule has 1 fully saturated rings. The summed E-state index contributed by atoms with van der Waals surface area (Å²) in [6, 6.07) is 5.63. The Hall–Kier alpha value is -1.03. The molecule has 0 bridgehead atoms. The van der Waals surface area contributed by atoms with E-state index in [1.165, 1.54) is 12.1 Å². The van der Waals surface area contributed by atoms with Gasteiger partial charge in [0.15, 0.2) is 0 Å². The third-order valence-corrected chi connectivity index (χ3v) is 4.00. The van der Waals surface area contributed by atoms with Crippen LogP contribution in [0.2, 0.25) is 0 Å². The average Bonchev–Trinajstić information content (AvgIpc) is 2.39. The first-order chi connectivity index (χ1) is 8.99. The summed E-state index contributed by atoms with van der Waals surface area (Å²) >= 11 is 0. The Balaban J connectivity index is 1.97. The van der Waals surface area contributed by atoms with E-state index in [1.54, 1.807) is 6.07 Å². The Morgan fingerprint density at radius 2 is 1.68 bits per heavy atom. The lowest BCUT2D eigenvalue weighted by molar-refractivity contribution is -0.137. The molecule has 19 heavy (non-hydrogen) atoms. The Labute approximate surface area is 111 Å². The van der Waals surface area contributed by atoms with Gasteiger partial charge in [0.05, 0.1) is 5.56 Å². The third-order valence-electron chi connectivity index (χ3n) is 4.00. The first kappa shape index (κ1) is 14.4. The highest BCUT2D eigenvalue weighted by Crippen LogP contribution is 2.33. The molecule has 1 saturated carbocycles. The van der Waals surface area contributed by atoms with Gasteiger partial charge in [-0.3, -0.25) is 0 Å². The summed E-state index contributed by atoms with van der Waals surface area (Å²) in [5, 5.41) is 9.07. The van der Waals surface area contributed by atoms with Crippen molar-refractivity contribution in [1.29, 1.82) is 0 Å². The van der Waals surface area contributed by atoms with Crippen molar-refractivity contribution in [1.82, 2.24) is 0 Å². The van der Waals surface area contributed by atoms with Gasteiger partial charge in [0, 0.05) is 6.61 Å². The first-order valence-corrected chi connectivity index (χ1v) is 6.76. The van der Waals surface area contributed by atoms with Crippen molar-refractivity contribution in [2.24, 2.45) is 11.8 Å². The van der Waals surface area contributed by atoms with Crippen molar-refractivity contribution in [3.8, 4) is 0 Å². The van der Waals surface area contributed by atoms with Gasteiger partial charge in [-0.1, -0.05) is 18.2 Å². The molecule has 2 rings (SSSR count). The van der Waals surface area contributed by atoms with Gasteiger partial charge in [0.2, 0.25) is 0 Å². The van der Waals surface area contributed by atoms with Gasteiger partial charge in [0.25, 0.3) is 0 Å². The summed E-state index contributed by atoms with van der Waals surface area (Å²) in [4.78, 5) is 0. The van der Waals surface area contributed by atoms with E-state index < -0.39 is 11.7 Å². The van der Waals surface area contributed by atoms with Crippen LogP contribution >= 0.6 is 0 Å². The number of hydrogen-bond donors (Lipinski definition) is 1. The van der Waals surface area contributed by atoms with Gasteiger partial charge in [-0.05, 0) is 55.6 Å². The predicted molar refractivity (Wildman–Crippen MR) is 67.7 cm³/mol. The molecule has 1 aromatic carbocycles. The number of rotatable bonds is 3. The summed E-state index contributed by atoms with van der Waals surface area (Å²) in [7, 11) is 0. The number of hydrogen-bond acceptors (Lipinski definition) is 1. The number of benzene rings is 1. The molecule has 0 radical (unpaired) electrons. The highest BCUT2D eigenvalue weighted by Gasteiger charge is 2.30. The maximum atomic E-state index is 12.6. The quantitative estimate of drug-likeness (QED) is 0.880. The Morgan fingerprint density at radius 1 is 1.05 bits per heavy atom. The molecule has 0 unspecified atom stereocenters. The van der Waals surface area contributed by atoms with Crippen molar-refractivity contribution in [2.75, 3.05) is 6.61 Å². The topological polar surface area (TPSA) is 20.2 Å². The second kappa shape index (κ2) is 5.95. The fraction of sp³-hybridized carbons (Fsp3) is 0.600. The van der Waals surface area contributed by atoms with Crippen LogP contribution in [0.1, 0.15) is 36.8 Å². The molecule has 0 saturated heterocycles. The predicted octanol–water partition coefficient (Wildman–Crippen LogP) is 4.05. The fourth-order valence-corrected chi connectivity index (χ4v) is 2.83. The van der Waals surface area contributed by atoms with Crippen LogP contribution in [0.15, 0.2) is 24.3 Å². The highest BCUT2D eigenvalue weighted by molar-refractivity contribution is 5.26. The maximum Gasteiger partial charge on any atom is 0.416 e. The van der Waals surface area contributed by atoms with E-state index in [0.29, 0.717) is 18.3 Å². The van der Waals surface area contributed by atoms with Gasteiger partial charge in [-0.15, -0.1) is 0 Å². The van der Waals surface area contributed by atoms with Gasteiger partial charge < -0.3 is 5.11 Å². The SMILES string of the molecule is OCC1CCC(Cc2cccc(C(F)(F)F)c2)CC1. The molecular weight excluding hydrogens is 253 g/mol. The zero-order chi connectivity index (χ0) is 13.9. The largest absolute Gasteiger partial charge is 0.416 e. The van der Waals surface area contributed by atoms with Crippen LogP contribution in [-0.2, 0) is 12.6 Å². The van der Waals surface area contributed by atoms with E-state index in [1.807, 2.05) is 0 Å². The van der Waals surface area contributed by atoms with Gasteiger partial charge in [-0.25, -0.2) is 0 Å². The molecule has 0 aliphatic heterocycles. The Bertz CT molecular complexity index is 406. The van der Waals surface area contributed by atoms with Crippen LogP contribution in [0, 0.1) is 11.8 Å². The smallest absolute Gasteiger partial charge is 0.396 e. The number of aliphatic hydroxyl groups excluding tert-OH is 1. The van der Waals surface area contributed by atoms with E-state index in [2.05, 4.69) is 0 Å². The lowest BCUT2D eigenvalue weighted by Gasteiger charge is -2.27. The lowest BCUT2D eigenvalue weighted by atomic mass is 9.79. The molecule has 1 N–H and O–H groups in total. The first-order valence-electron chi connectivity index (χ1n) is 6.76. The van der Waals surface area contributed by atoms with Crippen LogP contribution in [0.4, 0.5) is 13.2 Å². The van der Waals surface area contributed by atoms with E-state index in [9.17, 15) is 13.2 Å². The van der Waals surface area contributed by atoms with Gasteiger partial charge in [0.1, 0.15) is 0 Å². The molecule has 0 atom stereocenters. The Morgan fingerprint density at radius 3 is 2.26 bits per heavy atom. The minimum Gasteiger partial charge on any atom is -0.396 e. The summed E-state index contributed by atoms with van der Waals surface area (Å²) in [6.45, 7) is 0.232. The molecule has 0 amide bonds. The van der Waals surface area contributed by atoms with Crippen LogP contribution in [0.25, 0.3) is 0 Å². The van der Waals surface area contributed by atoms with E-state index in [-0.39, 0.29) is 6.61 Å². The molecule has 106 valence electrons. The minimum absolute atomic E-state index is 0.232. The molecule has 1 nitrogen and oxygen atoms in total. The normalized spacial score (nSPS) is 24.4. The zero-order valence-corrected chi connectivity index (χ0v) is 10.8. The molecule has 4 heteroatoms. The second-order valence-corrected chi connectivity index (χ2v) is 5.47. The van der Waals surface area contributed by atoms with Crippen LogP contribution < -0.4 is 0 Å². The van der Waals surface area contributed by atoms with Crippen molar-refractivity contribution in [3.05, 3.63) is 35.4 Å². The zero-order valence-electron chi connectivity index (χ0n) is 10.8. The minimum atomic E-state index is -4.26. The fourth-order valence-electron chi connectivity index (χ4n) is 2.83. The summed E-state index contributed by atoms with van der Waals surface area (Å²) in [6.07, 6.45) is 0.426. The van der Waals surface area contributed by atoms with Crippen molar-refractivity contribution in [2.45, 2.75) is 38.3 Å². The van der Waals surface area contributed by atoms with Crippen LogP contribution in [0.3, 0.4) is 0 Å². The standard InChI is InChI=1S/C15H19F3O/c16-15(17,18)14-3-1-2-13(9-14)8-11-4-6-12(10-19)7-5-11/h1-3,9,11-12,19H,4-8,10H2. The number of aliphatic hydroxyl groups is 1. The maximum absolute atomic E-state index is 12.6. The molecule has 0 spiro atoms. The van der Waals surface area contributed by atoms with E-state index in [0.717, 1.165) is 37.3 Å². The second-order valence-electron chi connectivity index (χ2n) is 5.47.